The van der Waals surface area contributed by atoms with E-state index in [1.807, 2.05) is 19.1 Å². The Morgan fingerprint density at radius 1 is 1.15 bits per heavy atom. The lowest BCUT2D eigenvalue weighted by Crippen LogP contribution is -2.07. The van der Waals surface area contributed by atoms with E-state index in [0.29, 0.717) is 22.9 Å². The summed E-state index contributed by atoms with van der Waals surface area (Å²) in [4.78, 5) is 12.5. The van der Waals surface area contributed by atoms with Crippen molar-refractivity contribution in [1.82, 2.24) is 10.2 Å². The predicted octanol–water partition coefficient (Wildman–Crippen LogP) is 2.87. The Labute approximate surface area is 117 Å². The highest BCUT2D eigenvalue weighted by Gasteiger charge is 2.23. The lowest BCUT2D eigenvalue weighted by Gasteiger charge is -2.07. The molecule has 1 aromatic carbocycles. The maximum absolute atomic E-state index is 12.5. The van der Waals surface area contributed by atoms with Crippen LogP contribution in [0.5, 0.6) is 5.75 Å². The molecule has 1 aromatic heterocycles. The highest BCUT2D eigenvalue weighted by atomic mass is 16.5. The van der Waals surface area contributed by atoms with Gasteiger partial charge >= 0.3 is 0 Å². The van der Waals surface area contributed by atoms with Crippen molar-refractivity contribution < 1.29 is 9.53 Å². The number of carbonyl (C=O) groups excluding carboxylic acids is 1. The van der Waals surface area contributed by atoms with Crippen LogP contribution in [-0.2, 0) is 0 Å². The summed E-state index contributed by atoms with van der Waals surface area (Å²) < 4.78 is 5.67. The largest absolute Gasteiger partial charge is 0.490 e. The first kappa shape index (κ1) is 12.8. The summed E-state index contributed by atoms with van der Waals surface area (Å²) in [5.74, 6) is 0.795. The number of ketones is 1. The van der Waals surface area contributed by atoms with Crippen molar-refractivity contribution in [3.63, 3.8) is 0 Å². The third kappa shape index (κ3) is 2.69. The van der Waals surface area contributed by atoms with E-state index in [0.717, 1.165) is 24.3 Å². The number of carbonyl (C=O) groups is 1. The molecule has 0 atom stereocenters. The Kier molecular flexibility index (Phi) is 3.22. The molecule has 0 bridgehead atoms. The van der Waals surface area contributed by atoms with E-state index in [1.54, 1.807) is 25.1 Å². The molecule has 0 unspecified atom stereocenters. The molecular formula is C16H16N2O2. The van der Waals surface area contributed by atoms with E-state index in [1.165, 1.54) is 0 Å². The summed E-state index contributed by atoms with van der Waals surface area (Å²) in [5, 5.41) is 7.94. The summed E-state index contributed by atoms with van der Waals surface area (Å²) in [5.41, 5.74) is 2.64. The molecule has 0 aliphatic heterocycles. The van der Waals surface area contributed by atoms with Gasteiger partial charge in [0, 0.05) is 11.1 Å². The van der Waals surface area contributed by atoms with Crippen molar-refractivity contribution in [2.45, 2.75) is 32.8 Å². The summed E-state index contributed by atoms with van der Waals surface area (Å²) >= 11 is 0. The maximum atomic E-state index is 12.5. The Balaban J connectivity index is 1.83. The van der Waals surface area contributed by atoms with E-state index >= 15 is 0 Å². The van der Waals surface area contributed by atoms with Crippen LogP contribution in [0, 0.1) is 13.8 Å². The van der Waals surface area contributed by atoms with Crippen LogP contribution in [0.15, 0.2) is 30.3 Å². The maximum Gasteiger partial charge on any atom is 0.194 e. The zero-order chi connectivity index (χ0) is 14.1. The van der Waals surface area contributed by atoms with Gasteiger partial charge in [-0.05, 0) is 57.0 Å². The van der Waals surface area contributed by atoms with Gasteiger partial charge in [-0.1, -0.05) is 0 Å². The number of hydrogen-bond acceptors (Lipinski definition) is 4. The molecule has 0 N–H and O–H groups in total. The topological polar surface area (TPSA) is 52.1 Å². The fourth-order valence-corrected chi connectivity index (χ4v) is 2.00. The van der Waals surface area contributed by atoms with Crippen molar-refractivity contribution >= 4 is 5.78 Å². The molecule has 4 nitrogen and oxygen atoms in total. The van der Waals surface area contributed by atoms with E-state index in [9.17, 15) is 4.79 Å². The molecule has 4 heteroatoms. The molecule has 3 rings (SSSR count). The second kappa shape index (κ2) is 5.04. The summed E-state index contributed by atoms with van der Waals surface area (Å²) in [6.45, 7) is 3.63. The minimum Gasteiger partial charge on any atom is -0.490 e. The van der Waals surface area contributed by atoms with Crippen molar-refractivity contribution in [2.24, 2.45) is 0 Å². The average Bonchev–Trinajstić information content (AvgIpc) is 3.26. The van der Waals surface area contributed by atoms with E-state index < -0.39 is 0 Å². The van der Waals surface area contributed by atoms with Gasteiger partial charge in [0.2, 0.25) is 0 Å². The summed E-state index contributed by atoms with van der Waals surface area (Å²) in [7, 11) is 0. The van der Waals surface area contributed by atoms with Gasteiger partial charge in [-0.3, -0.25) is 4.79 Å². The number of aryl methyl sites for hydroxylation is 2. The molecule has 1 aliphatic rings. The van der Waals surface area contributed by atoms with Gasteiger partial charge in [-0.25, -0.2) is 0 Å². The lowest BCUT2D eigenvalue weighted by molar-refractivity contribution is 0.103. The number of rotatable bonds is 4. The van der Waals surface area contributed by atoms with Crippen LogP contribution >= 0.6 is 0 Å². The molecule has 1 heterocycles. The molecule has 0 amide bonds. The molecule has 1 fully saturated rings. The molecule has 0 spiro atoms. The minimum absolute atomic E-state index is 0.0292. The van der Waals surface area contributed by atoms with Crippen LogP contribution in [0.2, 0.25) is 0 Å². The van der Waals surface area contributed by atoms with Crippen LogP contribution in [0.1, 0.15) is 40.2 Å². The van der Waals surface area contributed by atoms with Crippen LogP contribution in [0.4, 0.5) is 0 Å². The van der Waals surface area contributed by atoms with Crippen LogP contribution in [0.25, 0.3) is 0 Å². The summed E-state index contributed by atoms with van der Waals surface area (Å²) in [6.07, 6.45) is 2.62. The number of ether oxygens (including phenoxy) is 1. The fourth-order valence-electron chi connectivity index (χ4n) is 2.00. The fraction of sp³-hybridized carbons (Fsp3) is 0.312. The number of aromatic nitrogens is 2. The summed E-state index contributed by atoms with van der Waals surface area (Å²) in [6, 6.07) is 9.08. The smallest absolute Gasteiger partial charge is 0.194 e. The van der Waals surface area contributed by atoms with Gasteiger partial charge in [-0.2, -0.15) is 10.2 Å². The van der Waals surface area contributed by atoms with Crippen LogP contribution < -0.4 is 4.74 Å². The Hall–Kier alpha value is -2.23. The highest BCUT2D eigenvalue weighted by Crippen LogP contribution is 2.27. The third-order valence-corrected chi connectivity index (χ3v) is 3.29. The minimum atomic E-state index is -0.0292. The van der Waals surface area contributed by atoms with E-state index in [-0.39, 0.29) is 5.78 Å². The standard InChI is InChI=1S/C16H16N2O2/c1-10-9-15(11(2)18-17-10)16(19)12-3-5-13(6-4-12)20-14-7-8-14/h3-6,9,14H,7-8H2,1-2H3. The van der Waals surface area contributed by atoms with Crippen molar-refractivity contribution in [3.8, 4) is 5.75 Å². The van der Waals surface area contributed by atoms with E-state index in [2.05, 4.69) is 10.2 Å². The lowest BCUT2D eigenvalue weighted by atomic mass is 10.0. The van der Waals surface area contributed by atoms with Gasteiger partial charge in [0.15, 0.2) is 5.78 Å². The Morgan fingerprint density at radius 2 is 1.85 bits per heavy atom. The first-order valence-electron chi connectivity index (χ1n) is 6.76. The van der Waals surface area contributed by atoms with Gasteiger partial charge < -0.3 is 4.74 Å². The predicted molar refractivity (Wildman–Crippen MR) is 75.0 cm³/mol. The molecule has 20 heavy (non-hydrogen) atoms. The van der Waals surface area contributed by atoms with Crippen molar-refractivity contribution in [1.29, 1.82) is 0 Å². The first-order valence-corrected chi connectivity index (χ1v) is 6.76. The second-order valence-corrected chi connectivity index (χ2v) is 5.16. The molecular weight excluding hydrogens is 252 g/mol. The van der Waals surface area contributed by atoms with Crippen molar-refractivity contribution in [2.75, 3.05) is 0 Å². The second-order valence-electron chi connectivity index (χ2n) is 5.16. The van der Waals surface area contributed by atoms with Crippen LogP contribution in [0.3, 0.4) is 0 Å². The van der Waals surface area contributed by atoms with Gasteiger partial charge in [0.1, 0.15) is 5.75 Å². The van der Waals surface area contributed by atoms with Crippen molar-refractivity contribution in [3.05, 3.63) is 52.8 Å². The quantitative estimate of drug-likeness (QED) is 0.800. The zero-order valence-corrected chi connectivity index (χ0v) is 11.6. The highest BCUT2D eigenvalue weighted by molar-refractivity contribution is 6.09. The molecule has 1 saturated carbocycles. The number of benzene rings is 1. The van der Waals surface area contributed by atoms with Crippen LogP contribution in [-0.4, -0.2) is 22.1 Å². The third-order valence-electron chi connectivity index (χ3n) is 3.29. The molecule has 0 radical (unpaired) electrons. The van der Waals surface area contributed by atoms with Gasteiger partial charge in [0.25, 0.3) is 0 Å². The normalized spacial score (nSPS) is 14.1. The average molecular weight is 268 g/mol. The Bertz CT molecular complexity index is 646. The molecule has 0 saturated heterocycles. The Morgan fingerprint density at radius 3 is 2.50 bits per heavy atom. The monoisotopic (exact) mass is 268 g/mol. The number of nitrogens with zero attached hydrogens (tertiary/aromatic N) is 2. The first-order chi connectivity index (χ1) is 9.63. The van der Waals surface area contributed by atoms with Gasteiger partial charge in [-0.15, -0.1) is 0 Å². The number of hydrogen-bond donors (Lipinski definition) is 0. The molecule has 1 aliphatic carbocycles. The van der Waals surface area contributed by atoms with Gasteiger partial charge in [0.05, 0.1) is 17.5 Å². The van der Waals surface area contributed by atoms with E-state index in [4.69, 9.17) is 4.74 Å². The molecule has 2 aromatic rings. The molecule has 102 valence electrons. The zero-order valence-electron chi connectivity index (χ0n) is 11.6. The SMILES string of the molecule is Cc1cc(C(=O)c2ccc(OC3CC3)cc2)c(C)nn1.